The van der Waals surface area contributed by atoms with Crippen LogP contribution in [0.2, 0.25) is 0 Å². The second-order valence-electron chi connectivity index (χ2n) is 6.32. The molecule has 0 bridgehead atoms. The standard InChI is InChI=1S/C15H22N2O3S/c1-10-7-13(20-2)14(8-12(10)16)21(18,19)17-9-15(5-6-15)11-3-4-11/h7-8,11,17H,3-6,9,16H2,1-2H3. The Morgan fingerprint density at radius 3 is 2.57 bits per heavy atom. The van der Waals surface area contributed by atoms with Crippen LogP contribution in [0.5, 0.6) is 5.75 Å². The second kappa shape index (κ2) is 4.88. The van der Waals surface area contributed by atoms with Crippen LogP contribution >= 0.6 is 0 Å². The van der Waals surface area contributed by atoms with Gasteiger partial charge in [0.15, 0.2) is 0 Å². The van der Waals surface area contributed by atoms with Crippen LogP contribution in [0.4, 0.5) is 5.69 Å². The topological polar surface area (TPSA) is 81.4 Å². The van der Waals surface area contributed by atoms with Gasteiger partial charge in [-0.05, 0) is 61.6 Å². The van der Waals surface area contributed by atoms with Crippen LogP contribution in [0.15, 0.2) is 17.0 Å². The number of nitrogens with one attached hydrogen (secondary N) is 1. The van der Waals surface area contributed by atoms with Crippen LogP contribution in [0.1, 0.15) is 31.2 Å². The Morgan fingerprint density at radius 2 is 2.05 bits per heavy atom. The molecule has 0 heterocycles. The molecule has 0 saturated heterocycles. The summed E-state index contributed by atoms with van der Waals surface area (Å²) >= 11 is 0. The van der Waals surface area contributed by atoms with Gasteiger partial charge in [0.2, 0.25) is 10.0 Å². The minimum atomic E-state index is -3.60. The van der Waals surface area contributed by atoms with Gasteiger partial charge < -0.3 is 10.5 Å². The van der Waals surface area contributed by atoms with E-state index in [9.17, 15) is 8.42 Å². The number of anilines is 1. The third-order valence-corrected chi connectivity index (χ3v) is 6.21. The van der Waals surface area contributed by atoms with Crippen molar-refractivity contribution in [2.45, 2.75) is 37.5 Å². The average Bonchev–Trinajstić information content (AvgIpc) is 3.31. The lowest BCUT2D eigenvalue weighted by Gasteiger charge is -2.17. The van der Waals surface area contributed by atoms with Gasteiger partial charge in [-0.25, -0.2) is 13.1 Å². The maximum absolute atomic E-state index is 12.5. The number of ether oxygens (including phenoxy) is 1. The quantitative estimate of drug-likeness (QED) is 0.788. The van der Waals surface area contributed by atoms with Crippen LogP contribution < -0.4 is 15.2 Å². The van der Waals surface area contributed by atoms with Gasteiger partial charge in [0.05, 0.1) is 7.11 Å². The smallest absolute Gasteiger partial charge is 0.244 e. The maximum Gasteiger partial charge on any atom is 0.244 e. The molecule has 2 aliphatic carbocycles. The Bertz CT molecular complexity index is 662. The molecule has 0 aromatic heterocycles. The van der Waals surface area contributed by atoms with Crippen molar-refractivity contribution in [1.82, 2.24) is 4.72 Å². The predicted octanol–water partition coefficient (Wildman–Crippen LogP) is 2.05. The van der Waals surface area contributed by atoms with Gasteiger partial charge >= 0.3 is 0 Å². The predicted molar refractivity (Wildman–Crippen MR) is 81.7 cm³/mol. The fourth-order valence-corrected chi connectivity index (χ4v) is 4.27. The van der Waals surface area contributed by atoms with E-state index in [0.717, 1.165) is 18.4 Å². The molecule has 0 spiro atoms. The summed E-state index contributed by atoms with van der Waals surface area (Å²) in [6, 6.07) is 3.14. The Morgan fingerprint density at radius 1 is 1.38 bits per heavy atom. The molecule has 116 valence electrons. The maximum atomic E-state index is 12.5. The van der Waals surface area contributed by atoms with Crippen LogP contribution in [-0.2, 0) is 10.0 Å². The van der Waals surface area contributed by atoms with E-state index in [1.807, 2.05) is 6.92 Å². The SMILES string of the molecule is COc1cc(C)c(N)cc1S(=O)(=O)NCC1(C2CC2)CC1. The van der Waals surface area contributed by atoms with Gasteiger partial charge in [0, 0.05) is 12.2 Å². The molecule has 0 amide bonds. The summed E-state index contributed by atoms with van der Waals surface area (Å²) in [6.45, 7) is 2.35. The minimum Gasteiger partial charge on any atom is -0.495 e. The first kappa shape index (κ1) is 14.7. The number of hydrogen-bond donors (Lipinski definition) is 2. The fraction of sp³-hybridized carbons (Fsp3) is 0.600. The number of rotatable bonds is 6. The molecule has 0 atom stereocenters. The van der Waals surface area contributed by atoms with Crippen LogP contribution in [0, 0.1) is 18.3 Å². The molecule has 0 radical (unpaired) electrons. The van der Waals surface area contributed by atoms with Crippen molar-refractivity contribution < 1.29 is 13.2 Å². The molecule has 0 unspecified atom stereocenters. The first-order chi connectivity index (χ1) is 9.88. The van der Waals surface area contributed by atoms with Crippen molar-refractivity contribution in [3.8, 4) is 5.75 Å². The van der Waals surface area contributed by atoms with E-state index >= 15 is 0 Å². The molecule has 3 rings (SSSR count). The largest absolute Gasteiger partial charge is 0.495 e. The highest BCUT2D eigenvalue weighted by Gasteiger charge is 2.53. The molecule has 3 N–H and O–H groups in total. The van der Waals surface area contributed by atoms with E-state index in [1.165, 1.54) is 26.0 Å². The summed E-state index contributed by atoms with van der Waals surface area (Å²) in [5.41, 5.74) is 7.33. The molecule has 5 nitrogen and oxygen atoms in total. The summed E-state index contributed by atoms with van der Waals surface area (Å²) in [6.07, 6.45) is 4.74. The van der Waals surface area contributed by atoms with E-state index in [0.29, 0.717) is 23.9 Å². The highest BCUT2D eigenvalue weighted by Crippen LogP contribution is 2.60. The number of hydrogen-bond acceptors (Lipinski definition) is 4. The van der Waals surface area contributed by atoms with Gasteiger partial charge in [-0.2, -0.15) is 0 Å². The van der Waals surface area contributed by atoms with Gasteiger partial charge in [-0.3, -0.25) is 0 Å². The Labute approximate surface area is 125 Å². The lowest BCUT2D eigenvalue weighted by Crippen LogP contribution is -2.31. The van der Waals surface area contributed by atoms with Crippen molar-refractivity contribution in [3.63, 3.8) is 0 Å². The number of nitrogens with two attached hydrogens (primary N) is 1. The monoisotopic (exact) mass is 310 g/mol. The van der Waals surface area contributed by atoms with Crippen molar-refractivity contribution in [3.05, 3.63) is 17.7 Å². The van der Waals surface area contributed by atoms with Crippen LogP contribution in [0.25, 0.3) is 0 Å². The lowest BCUT2D eigenvalue weighted by molar-refractivity contribution is 0.400. The normalized spacial score (nSPS) is 20.3. The number of methoxy groups -OCH3 is 1. The average molecular weight is 310 g/mol. The van der Waals surface area contributed by atoms with Gasteiger partial charge in [-0.15, -0.1) is 0 Å². The molecule has 2 aliphatic rings. The summed E-state index contributed by atoms with van der Waals surface area (Å²) in [5, 5.41) is 0. The molecule has 1 aromatic rings. The zero-order chi connectivity index (χ0) is 15.3. The fourth-order valence-electron chi connectivity index (χ4n) is 2.95. The third kappa shape index (κ3) is 2.74. The van der Waals surface area contributed by atoms with Crippen molar-refractivity contribution in [2.24, 2.45) is 11.3 Å². The lowest BCUT2D eigenvalue weighted by atomic mass is 10.0. The summed E-state index contributed by atoms with van der Waals surface area (Å²) in [4.78, 5) is 0.125. The Kier molecular flexibility index (Phi) is 3.41. The van der Waals surface area contributed by atoms with Crippen molar-refractivity contribution in [2.75, 3.05) is 19.4 Å². The summed E-state index contributed by atoms with van der Waals surface area (Å²) in [7, 11) is -2.13. The molecule has 1 aromatic carbocycles. The molecule has 21 heavy (non-hydrogen) atoms. The molecule has 0 aliphatic heterocycles. The molecule has 6 heteroatoms. The minimum absolute atomic E-state index is 0.125. The van der Waals surface area contributed by atoms with Gasteiger partial charge in [0.1, 0.15) is 10.6 Å². The number of aryl methyl sites for hydroxylation is 1. The molecule has 2 saturated carbocycles. The second-order valence-corrected chi connectivity index (χ2v) is 8.06. The van der Waals surface area contributed by atoms with Crippen LogP contribution in [-0.4, -0.2) is 22.1 Å². The van der Waals surface area contributed by atoms with Crippen molar-refractivity contribution >= 4 is 15.7 Å². The first-order valence-corrected chi connectivity index (χ1v) is 8.80. The molecule has 2 fully saturated rings. The summed E-state index contributed by atoms with van der Waals surface area (Å²) in [5.74, 6) is 1.05. The Hall–Kier alpha value is -1.27. The highest BCUT2D eigenvalue weighted by atomic mass is 32.2. The van der Waals surface area contributed by atoms with E-state index in [-0.39, 0.29) is 10.3 Å². The molecular weight excluding hydrogens is 288 g/mol. The van der Waals surface area contributed by atoms with Crippen molar-refractivity contribution in [1.29, 1.82) is 0 Å². The van der Waals surface area contributed by atoms with E-state index in [2.05, 4.69) is 4.72 Å². The highest BCUT2D eigenvalue weighted by molar-refractivity contribution is 7.89. The number of benzene rings is 1. The third-order valence-electron chi connectivity index (χ3n) is 4.79. The molecular formula is C15H22N2O3S. The van der Waals surface area contributed by atoms with Crippen LogP contribution in [0.3, 0.4) is 0 Å². The zero-order valence-electron chi connectivity index (χ0n) is 12.5. The van der Waals surface area contributed by atoms with Gasteiger partial charge in [0.25, 0.3) is 0 Å². The zero-order valence-corrected chi connectivity index (χ0v) is 13.3. The summed E-state index contributed by atoms with van der Waals surface area (Å²) < 4.78 is 33.1. The van der Waals surface area contributed by atoms with E-state index < -0.39 is 10.0 Å². The number of sulfonamides is 1. The van der Waals surface area contributed by atoms with E-state index in [1.54, 1.807) is 6.07 Å². The first-order valence-electron chi connectivity index (χ1n) is 7.32. The Balaban J connectivity index is 1.82. The number of nitrogen functional groups attached to an aromatic ring is 1. The van der Waals surface area contributed by atoms with Gasteiger partial charge in [-0.1, -0.05) is 0 Å². The van der Waals surface area contributed by atoms with E-state index in [4.69, 9.17) is 10.5 Å².